The van der Waals surface area contributed by atoms with Gasteiger partial charge in [-0.3, -0.25) is 4.98 Å². The Labute approximate surface area is 127 Å². The van der Waals surface area contributed by atoms with Gasteiger partial charge < -0.3 is 15.0 Å². The number of ether oxygens (including phenoxy) is 1. The Morgan fingerprint density at radius 1 is 1.29 bits per heavy atom. The standard InChI is InChI=1S/C16H26N4O/c1-2-10-21-16-12-17-11-15(19-16)20-8-5-13(6-9-20)14-4-3-7-18-14/h11-14,18H,2-10H2,1H3. The third-order valence-corrected chi connectivity index (χ3v) is 4.58. The molecule has 5 nitrogen and oxygen atoms in total. The van der Waals surface area contributed by atoms with E-state index in [1.807, 2.05) is 6.20 Å². The molecule has 0 radical (unpaired) electrons. The zero-order valence-corrected chi connectivity index (χ0v) is 12.9. The maximum Gasteiger partial charge on any atom is 0.234 e. The molecule has 0 aliphatic carbocycles. The lowest BCUT2D eigenvalue weighted by molar-refractivity contribution is 0.301. The molecule has 0 amide bonds. The van der Waals surface area contributed by atoms with E-state index in [2.05, 4.69) is 27.1 Å². The fourth-order valence-corrected chi connectivity index (χ4v) is 3.41. The van der Waals surface area contributed by atoms with Crippen molar-refractivity contribution in [2.45, 2.75) is 45.1 Å². The van der Waals surface area contributed by atoms with Crippen molar-refractivity contribution < 1.29 is 4.74 Å². The Hall–Kier alpha value is -1.36. The molecule has 1 aromatic heterocycles. The van der Waals surface area contributed by atoms with E-state index in [0.717, 1.165) is 37.3 Å². The minimum Gasteiger partial charge on any atom is -0.477 e. The van der Waals surface area contributed by atoms with Crippen LogP contribution in [-0.4, -0.2) is 42.3 Å². The van der Waals surface area contributed by atoms with Gasteiger partial charge in [0.2, 0.25) is 5.88 Å². The van der Waals surface area contributed by atoms with Gasteiger partial charge in [-0.05, 0) is 44.6 Å². The second kappa shape index (κ2) is 7.07. The molecule has 2 fully saturated rings. The molecule has 2 saturated heterocycles. The average Bonchev–Trinajstić information content (AvgIpc) is 3.08. The van der Waals surface area contributed by atoms with Gasteiger partial charge in [-0.15, -0.1) is 0 Å². The molecule has 0 spiro atoms. The molecule has 0 aromatic carbocycles. The topological polar surface area (TPSA) is 50.3 Å². The Morgan fingerprint density at radius 3 is 2.86 bits per heavy atom. The first-order chi connectivity index (χ1) is 10.4. The highest BCUT2D eigenvalue weighted by Gasteiger charge is 2.28. The van der Waals surface area contributed by atoms with Crippen LogP contribution in [0.5, 0.6) is 5.88 Å². The zero-order valence-electron chi connectivity index (χ0n) is 12.9. The lowest BCUT2D eigenvalue weighted by atomic mass is 9.88. The summed E-state index contributed by atoms with van der Waals surface area (Å²) < 4.78 is 5.58. The van der Waals surface area contributed by atoms with E-state index in [0.29, 0.717) is 12.5 Å². The molecule has 2 aliphatic rings. The van der Waals surface area contributed by atoms with E-state index in [1.165, 1.54) is 32.2 Å². The van der Waals surface area contributed by atoms with Crippen molar-refractivity contribution in [1.82, 2.24) is 15.3 Å². The molecule has 1 unspecified atom stereocenters. The lowest BCUT2D eigenvalue weighted by Gasteiger charge is -2.35. The third-order valence-electron chi connectivity index (χ3n) is 4.58. The fourth-order valence-electron chi connectivity index (χ4n) is 3.41. The first kappa shape index (κ1) is 14.6. The van der Waals surface area contributed by atoms with E-state index in [9.17, 15) is 0 Å². The van der Waals surface area contributed by atoms with Crippen LogP contribution in [0.3, 0.4) is 0 Å². The third kappa shape index (κ3) is 3.64. The van der Waals surface area contributed by atoms with Crippen molar-refractivity contribution in [2.75, 3.05) is 31.1 Å². The summed E-state index contributed by atoms with van der Waals surface area (Å²) >= 11 is 0. The molecular weight excluding hydrogens is 264 g/mol. The van der Waals surface area contributed by atoms with Crippen molar-refractivity contribution in [3.63, 3.8) is 0 Å². The molecule has 21 heavy (non-hydrogen) atoms. The lowest BCUT2D eigenvalue weighted by Crippen LogP contribution is -2.41. The quantitative estimate of drug-likeness (QED) is 0.901. The Balaban J connectivity index is 1.56. The van der Waals surface area contributed by atoms with Gasteiger partial charge in [-0.2, -0.15) is 4.98 Å². The largest absolute Gasteiger partial charge is 0.477 e. The van der Waals surface area contributed by atoms with Crippen molar-refractivity contribution in [1.29, 1.82) is 0 Å². The number of nitrogens with one attached hydrogen (secondary N) is 1. The summed E-state index contributed by atoms with van der Waals surface area (Å²) in [4.78, 5) is 11.2. The van der Waals surface area contributed by atoms with Crippen molar-refractivity contribution in [3.05, 3.63) is 12.4 Å². The van der Waals surface area contributed by atoms with Crippen LogP contribution in [0.1, 0.15) is 39.0 Å². The monoisotopic (exact) mass is 290 g/mol. The normalized spacial score (nSPS) is 23.5. The summed E-state index contributed by atoms with van der Waals surface area (Å²) in [5.41, 5.74) is 0. The van der Waals surface area contributed by atoms with Crippen LogP contribution >= 0.6 is 0 Å². The smallest absolute Gasteiger partial charge is 0.234 e. The number of hydrogen-bond acceptors (Lipinski definition) is 5. The van der Waals surface area contributed by atoms with E-state index in [4.69, 9.17) is 4.74 Å². The van der Waals surface area contributed by atoms with Gasteiger partial charge in [0, 0.05) is 19.1 Å². The molecule has 3 heterocycles. The van der Waals surface area contributed by atoms with Crippen LogP contribution in [0.4, 0.5) is 5.82 Å². The average molecular weight is 290 g/mol. The maximum absolute atomic E-state index is 5.58. The van der Waals surface area contributed by atoms with Gasteiger partial charge in [0.05, 0.1) is 19.0 Å². The molecule has 0 bridgehead atoms. The van der Waals surface area contributed by atoms with Gasteiger partial charge in [-0.25, -0.2) is 0 Å². The molecule has 1 aromatic rings. The van der Waals surface area contributed by atoms with Crippen LogP contribution in [-0.2, 0) is 0 Å². The highest BCUT2D eigenvalue weighted by molar-refractivity contribution is 5.38. The summed E-state index contributed by atoms with van der Waals surface area (Å²) in [5, 5.41) is 3.65. The Kier molecular flexibility index (Phi) is 4.91. The minimum atomic E-state index is 0.647. The number of hydrogen-bond donors (Lipinski definition) is 1. The molecule has 116 valence electrons. The summed E-state index contributed by atoms with van der Waals surface area (Å²) in [6.07, 6.45) is 9.74. The predicted octanol–water partition coefficient (Wildman–Crippen LogP) is 2.23. The summed E-state index contributed by atoms with van der Waals surface area (Å²) in [7, 11) is 0. The number of nitrogens with zero attached hydrogens (tertiary/aromatic N) is 3. The Morgan fingerprint density at radius 2 is 2.14 bits per heavy atom. The van der Waals surface area contributed by atoms with Crippen molar-refractivity contribution in [2.24, 2.45) is 5.92 Å². The molecule has 5 heteroatoms. The highest BCUT2D eigenvalue weighted by Crippen LogP contribution is 2.27. The summed E-state index contributed by atoms with van der Waals surface area (Å²) in [6, 6.07) is 0.748. The molecule has 2 aliphatic heterocycles. The summed E-state index contributed by atoms with van der Waals surface area (Å²) in [6.45, 7) is 6.16. The van der Waals surface area contributed by atoms with Gasteiger partial charge in [0.1, 0.15) is 0 Å². The maximum atomic E-state index is 5.58. The van der Waals surface area contributed by atoms with Crippen molar-refractivity contribution >= 4 is 5.82 Å². The molecule has 3 rings (SSSR count). The fraction of sp³-hybridized carbons (Fsp3) is 0.750. The van der Waals surface area contributed by atoms with E-state index >= 15 is 0 Å². The van der Waals surface area contributed by atoms with Crippen LogP contribution in [0.25, 0.3) is 0 Å². The van der Waals surface area contributed by atoms with Gasteiger partial charge in [-0.1, -0.05) is 6.92 Å². The second-order valence-electron chi connectivity index (χ2n) is 6.09. The Bertz CT molecular complexity index is 440. The predicted molar refractivity (Wildman–Crippen MR) is 83.8 cm³/mol. The second-order valence-corrected chi connectivity index (χ2v) is 6.09. The minimum absolute atomic E-state index is 0.647. The molecule has 1 atom stereocenters. The van der Waals surface area contributed by atoms with Crippen LogP contribution in [0, 0.1) is 5.92 Å². The molecule has 0 saturated carbocycles. The van der Waals surface area contributed by atoms with Gasteiger partial charge in [0.25, 0.3) is 0 Å². The molecule has 1 N–H and O–H groups in total. The summed E-state index contributed by atoms with van der Waals surface area (Å²) in [5.74, 6) is 2.44. The van der Waals surface area contributed by atoms with Crippen LogP contribution in [0.15, 0.2) is 12.4 Å². The van der Waals surface area contributed by atoms with E-state index < -0.39 is 0 Å². The first-order valence-corrected chi connectivity index (χ1v) is 8.30. The SMILES string of the molecule is CCCOc1cncc(N2CCC(C3CCCN3)CC2)n1. The van der Waals surface area contributed by atoms with E-state index in [-0.39, 0.29) is 0 Å². The first-order valence-electron chi connectivity index (χ1n) is 8.30. The van der Waals surface area contributed by atoms with Crippen LogP contribution < -0.4 is 15.0 Å². The van der Waals surface area contributed by atoms with Gasteiger partial charge in [0.15, 0.2) is 5.82 Å². The number of rotatable bonds is 5. The van der Waals surface area contributed by atoms with Crippen molar-refractivity contribution in [3.8, 4) is 5.88 Å². The number of piperidine rings is 1. The van der Waals surface area contributed by atoms with Gasteiger partial charge >= 0.3 is 0 Å². The molecular formula is C16H26N4O. The van der Waals surface area contributed by atoms with E-state index in [1.54, 1.807) is 6.20 Å². The highest BCUT2D eigenvalue weighted by atomic mass is 16.5. The zero-order chi connectivity index (χ0) is 14.5. The van der Waals surface area contributed by atoms with Crippen LogP contribution in [0.2, 0.25) is 0 Å². The number of aromatic nitrogens is 2. The number of anilines is 1.